The van der Waals surface area contributed by atoms with Crippen molar-refractivity contribution in [2.75, 3.05) is 19.5 Å². The molecule has 0 spiro atoms. The van der Waals surface area contributed by atoms with Crippen molar-refractivity contribution in [2.45, 2.75) is 6.54 Å². The van der Waals surface area contributed by atoms with E-state index in [2.05, 4.69) is 20.6 Å². The summed E-state index contributed by atoms with van der Waals surface area (Å²) in [7, 11) is 3.21. The van der Waals surface area contributed by atoms with E-state index in [1.54, 1.807) is 14.2 Å². The Bertz CT molecular complexity index is 896. The molecule has 7 heteroatoms. The van der Waals surface area contributed by atoms with Gasteiger partial charge in [-0.3, -0.25) is 4.79 Å². The van der Waals surface area contributed by atoms with Crippen LogP contribution in [0.3, 0.4) is 0 Å². The van der Waals surface area contributed by atoms with Crippen LogP contribution in [0.2, 0.25) is 0 Å². The zero-order chi connectivity index (χ0) is 19.1. The van der Waals surface area contributed by atoms with Crippen molar-refractivity contribution in [1.29, 1.82) is 0 Å². The normalized spacial score (nSPS) is 10.1. The fourth-order valence-electron chi connectivity index (χ4n) is 2.41. The van der Waals surface area contributed by atoms with Gasteiger partial charge >= 0.3 is 0 Å². The van der Waals surface area contributed by atoms with Gasteiger partial charge in [0, 0.05) is 18.9 Å². The number of nitrogens with one attached hydrogen (secondary N) is 2. The van der Waals surface area contributed by atoms with Gasteiger partial charge < -0.3 is 20.1 Å². The van der Waals surface area contributed by atoms with E-state index in [1.165, 1.54) is 12.4 Å². The molecule has 27 heavy (non-hydrogen) atoms. The van der Waals surface area contributed by atoms with Gasteiger partial charge in [0.25, 0.3) is 5.91 Å². The molecule has 3 aromatic rings. The third kappa shape index (κ3) is 4.72. The second-order valence-corrected chi connectivity index (χ2v) is 5.65. The first-order valence-electron chi connectivity index (χ1n) is 8.33. The van der Waals surface area contributed by atoms with Crippen LogP contribution >= 0.6 is 0 Å². The summed E-state index contributed by atoms with van der Waals surface area (Å²) >= 11 is 0. The van der Waals surface area contributed by atoms with Gasteiger partial charge in [0.2, 0.25) is 5.95 Å². The molecule has 2 aromatic carbocycles. The third-order valence-electron chi connectivity index (χ3n) is 3.88. The highest BCUT2D eigenvalue weighted by atomic mass is 16.5. The monoisotopic (exact) mass is 364 g/mol. The Morgan fingerprint density at radius 3 is 2.33 bits per heavy atom. The molecule has 1 heterocycles. The van der Waals surface area contributed by atoms with E-state index in [1.807, 2.05) is 48.5 Å². The van der Waals surface area contributed by atoms with Gasteiger partial charge in [0.1, 0.15) is 11.5 Å². The Hall–Kier alpha value is -3.61. The molecular weight excluding hydrogens is 344 g/mol. The second-order valence-electron chi connectivity index (χ2n) is 5.65. The fourth-order valence-corrected chi connectivity index (χ4v) is 2.41. The zero-order valence-corrected chi connectivity index (χ0v) is 15.1. The molecule has 0 aliphatic rings. The highest BCUT2D eigenvalue weighted by Gasteiger charge is 2.08. The van der Waals surface area contributed by atoms with Gasteiger partial charge in [-0.2, -0.15) is 0 Å². The van der Waals surface area contributed by atoms with E-state index in [0.29, 0.717) is 23.8 Å². The van der Waals surface area contributed by atoms with Crippen molar-refractivity contribution in [3.8, 4) is 11.5 Å². The van der Waals surface area contributed by atoms with E-state index in [4.69, 9.17) is 9.47 Å². The predicted molar refractivity (Wildman–Crippen MR) is 102 cm³/mol. The third-order valence-corrected chi connectivity index (χ3v) is 3.88. The number of benzene rings is 2. The summed E-state index contributed by atoms with van der Waals surface area (Å²) in [5, 5.41) is 5.91. The smallest absolute Gasteiger partial charge is 0.254 e. The first kappa shape index (κ1) is 18.2. The molecule has 0 saturated carbocycles. The summed E-state index contributed by atoms with van der Waals surface area (Å²) in [5.74, 6) is 1.60. The van der Waals surface area contributed by atoms with E-state index in [9.17, 15) is 4.79 Å². The summed E-state index contributed by atoms with van der Waals surface area (Å²) in [6.45, 7) is 0.407. The van der Waals surface area contributed by atoms with Crippen molar-refractivity contribution in [3.63, 3.8) is 0 Å². The summed E-state index contributed by atoms with van der Waals surface area (Å²) < 4.78 is 10.4. The number of para-hydroxylation sites is 2. The number of carbonyl (C=O) groups is 1. The van der Waals surface area contributed by atoms with Gasteiger partial charge in [-0.05, 0) is 29.8 Å². The number of hydrogen-bond acceptors (Lipinski definition) is 6. The van der Waals surface area contributed by atoms with Crippen LogP contribution in [0.4, 0.5) is 11.6 Å². The van der Waals surface area contributed by atoms with Gasteiger partial charge in [0.05, 0.1) is 25.5 Å². The molecule has 0 bridgehead atoms. The van der Waals surface area contributed by atoms with Crippen molar-refractivity contribution in [2.24, 2.45) is 0 Å². The average Bonchev–Trinajstić information content (AvgIpc) is 2.73. The summed E-state index contributed by atoms with van der Waals surface area (Å²) in [4.78, 5) is 20.6. The number of amides is 1. The number of methoxy groups -OCH3 is 2. The highest BCUT2D eigenvalue weighted by molar-refractivity contribution is 5.93. The van der Waals surface area contributed by atoms with E-state index < -0.39 is 0 Å². The topological polar surface area (TPSA) is 85.4 Å². The summed E-state index contributed by atoms with van der Waals surface area (Å²) in [5.41, 5.74) is 2.10. The quantitative estimate of drug-likeness (QED) is 0.670. The number of hydrogen-bond donors (Lipinski definition) is 2. The van der Waals surface area contributed by atoms with Crippen LogP contribution in [-0.4, -0.2) is 30.1 Å². The maximum absolute atomic E-state index is 12.3. The molecule has 0 aliphatic carbocycles. The minimum absolute atomic E-state index is 0.241. The summed E-state index contributed by atoms with van der Waals surface area (Å²) in [6.07, 6.45) is 2.96. The Labute approximate surface area is 157 Å². The molecule has 3 rings (SSSR count). The maximum atomic E-state index is 12.3. The Balaban J connectivity index is 1.59. The SMILES string of the molecule is COc1ccc(CNC(=O)c2cnc(Nc3ccccc3OC)nc2)cc1. The van der Waals surface area contributed by atoms with Crippen LogP contribution in [0.25, 0.3) is 0 Å². The lowest BCUT2D eigenvalue weighted by atomic mass is 10.2. The lowest BCUT2D eigenvalue weighted by Crippen LogP contribution is -2.23. The Kier molecular flexibility index (Phi) is 5.84. The van der Waals surface area contributed by atoms with E-state index in [0.717, 1.165) is 17.0 Å². The zero-order valence-electron chi connectivity index (χ0n) is 15.1. The highest BCUT2D eigenvalue weighted by Crippen LogP contribution is 2.25. The molecule has 0 radical (unpaired) electrons. The standard InChI is InChI=1S/C20H20N4O3/c1-26-16-9-7-14(8-10-16)11-21-19(25)15-12-22-20(23-13-15)24-17-5-3-4-6-18(17)27-2/h3-10,12-13H,11H2,1-2H3,(H,21,25)(H,22,23,24). The molecule has 0 unspecified atom stereocenters. The van der Waals surface area contributed by atoms with Crippen LogP contribution in [0.5, 0.6) is 11.5 Å². The molecule has 0 atom stereocenters. The minimum Gasteiger partial charge on any atom is -0.497 e. The van der Waals surface area contributed by atoms with Crippen LogP contribution in [0.15, 0.2) is 60.9 Å². The molecule has 138 valence electrons. The van der Waals surface area contributed by atoms with Crippen LogP contribution in [0, 0.1) is 0 Å². The minimum atomic E-state index is -0.241. The number of anilines is 2. The molecular formula is C20H20N4O3. The first-order chi connectivity index (χ1) is 13.2. The molecule has 1 aromatic heterocycles. The largest absolute Gasteiger partial charge is 0.497 e. The van der Waals surface area contributed by atoms with Gasteiger partial charge in [0.15, 0.2) is 0 Å². The number of nitrogens with zero attached hydrogens (tertiary/aromatic N) is 2. The number of carbonyl (C=O) groups excluding carboxylic acids is 1. The number of rotatable bonds is 7. The van der Waals surface area contributed by atoms with Crippen LogP contribution in [0.1, 0.15) is 15.9 Å². The first-order valence-corrected chi connectivity index (χ1v) is 8.33. The predicted octanol–water partition coefficient (Wildman–Crippen LogP) is 3.17. The maximum Gasteiger partial charge on any atom is 0.254 e. The van der Waals surface area contributed by atoms with E-state index >= 15 is 0 Å². The molecule has 2 N–H and O–H groups in total. The van der Waals surface area contributed by atoms with Crippen molar-refractivity contribution >= 4 is 17.5 Å². The van der Waals surface area contributed by atoms with Gasteiger partial charge in [-0.25, -0.2) is 9.97 Å². The fraction of sp³-hybridized carbons (Fsp3) is 0.150. The van der Waals surface area contributed by atoms with Gasteiger partial charge in [-0.15, -0.1) is 0 Å². The van der Waals surface area contributed by atoms with Gasteiger partial charge in [-0.1, -0.05) is 24.3 Å². The lowest BCUT2D eigenvalue weighted by molar-refractivity contribution is 0.0950. The second kappa shape index (κ2) is 8.66. The Morgan fingerprint density at radius 1 is 0.963 bits per heavy atom. The van der Waals surface area contributed by atoms with Crippen molar-refractivity contribution in [1.82, 2.24) is 15.3 Å². The lowest BCUT2D eigenvalue weighted by Gasteiger charge is -2.10. The van der Waals surface area contributed by atoms with Crippen LogP contribution in [-0.2, 0) is 6.54 Å². The summed E-state index contributed by atoms with van der Waals surface area (Å²) in [6, 6.07) is 14.9. The van der Waals surface area contributed by atoms with Crippen molar-refractivity contribution in [3.05, 3.63) is 72.1 Å². The molecule has 0 fully saturated rings. The molecule has 7 nitrogen and oxygen atoms in total. The molecule has 0 aliphatic heterocycles. The van der Waals surface area contributed by atoms with Crippen LogP contribution < -0.4 is 20.1 Å². The average molecular weight is 364 g/mol. The number of aromatic nitrogens is 2. The molecule has 0 saturated heterocycles. The number of ether oxygens (including phenoxy) is 2. The van der Waals surface area contributed by atoms with Crippen molar-refractivity contribution < 1.29 is 14.3 Å². The molecule has 1 amide bonds. The van der Waals surface area contributed by atoms with E-state index in [-0.39, 0.29) is 5.91 Å². The Morgan fingerprint density at radius 2 is 1.67 bits per heavy atom.